The van der Waals surface area contributed by atoms with E-state index in [0.717, 1.165) is 24.8 Å². The molecule has 0 amide bonds. The predicted octanol–water partition coefficient (Wildman–Crippen LogP) is 2.59. The fourth-order valence-corrected chi connectivity index (χ4v) is 2.82. The summed E-state index contributed by atoms with van der Waals surface area (Å²) >= 11 is 0. The molecule has 0 radical (unpaired) electrons. The number of carbonyl (C=O) groups is 2. The highest BCUT2D eigenvalue weighted by Crippen LogP contribution is 2.16. The van der Waals surface area contributed by atoms with Crippen LogP contribution in [0.25, 0.3) is 0 Å². The number of hydrogen-bond donors (Lipinski definition) is 2. The Kier molecular flexibility index (Phi) is 10.4. The van der Waals surface area contributed by atoms with E-state index in [-0.39, 0.29) is 0 Å². The number of ether oxygens (including phenoxy) is 2. The van der Waals surface area contributed by atoms with E-state index in [1.54, 1.807) is 0 Å². The summed E-state index contributed by atoms with van der Waals surface area (Å²) in [5, 5.41) is 14.8. The average molecular weight is 381 g/mol. The van der Waals surface area contributed by atoms with Crippen LogP contribution in [0, 0.1) is 19.8 Å². The fraction of sp³-hybridized carbons (Fsp3) is 0.600. The zero-order valence-corrected chi connectivity index (χ0v) is 16.4. The van der Waals surface area contributed by atoms with Crippen molar-refractivity contribution in [3.63, 3.8) is 0 Å². The van der Waals surface area contributed by atoms with Gasteiger partial charge in [0, 0.05) is 6.54 Å². The van der Waals surface area contributed by atoms with E-state index in [1.165, 1.54) is 37.1 Å². The maximum Gasteiger partial charge on any atom is 0.414 e. The van der Waals surface area contributed by atoms with E-state index in [0.29, 0.717) is 13.2 Å². The second-order valence-electron chi connectivity index (χ2n) is 6.92. The molecule has 0 aromatic heterocycles. The lowest BCUT2D eigenvalue weighted by Crippen LogP contribution is -2.35. The van der Waals surface area contributed by atoms with Crippen molar-refractivity contribution in [2.75, 3.05) is 39.5 Å². The molecule has 0 saturated carbocycles. The van der Waals surface area contributed by atoms with Crippen LogP contribution in [0.5, 0.6) is 5.75 Å². The Morgan fingerprint density at radius 3 is 2.07 bits per heavy atom. The second kappa shape index (κ2) is 12.3. The molecule has 1 aliphatic heterocycles. The summed E-state index contributed by atoms with van der Waals surface area (Å²) in [4.78, 5) is 20.7. The zero-order chi connectivity index (χ0) is 20.2. The Balaban J connectivity index is 0.000000527. The first-order valence-electron chi connectivity index (χ1n) is 9.25. The minimum atomic E-state index is -1.82. The number of nitrogens with zero attached hydrogens (tertiary/aromatic N) is 1. The number of rotatable bonds is 7. The summed E-state index contributed by atoms with van der Waals surface area (Å²) < 4.78 is 11.4. The summed E-state index contributed by atoms with van der Waals surface area (Å²) in [7, 11) is 0. The van der Waals surface area contributed by atoms with Crippen LogP contribution in [0.2, 0.25) is 0 Å². The lowest BCUT2D eigenvalue weighted by atomic mass is 9.99. The number of benzene rings is 1. The standard InChI is InChI=1S/C18H29NO2.C2H2O4/c1-15-4-6-19(7-5-15)8-9-20-10-11-21-18-13-16(2)12-17(3)14-18;3-1(4)2(5)6/h12-15H,4-11H2,1-3H3;(H,3,4)(H,5,6). The van der Waals surface area contributed by atoms with Gasteiger partial charge in [-0.1, -0.05) is 13.0 Å². The monoisotopic (exact) mass is 381 g/mol. The average Bonchev–Trinajstić information content (AvgIpc) is 2.59. The highest BCUT2D eigenvalue weighted by Gasteiger charge is 2.14. The molecular weight excluding hydrogens is 350 g/mol. The van der Waals surface area contributed by atoms with Gasteiger partial charge in [-0.05, 0) is 69.0 Å². The highest BCUT2D eigenvalue weighted by molar-refractivity contribution is 6.27. The molecule has 0 aliphatic carbocycles. The van der Waals surface area contributed by atoms with Gasteiger partial charge in [-0.3, -0.25) is 0 Å². The third-order valence-corrected chi connectivity index (χ3v) is 4.30. The molecule has 1 aromatic carbocycles. The van der Waals surface area contributed by atoms with Crippen molar-refractivity contribution in [3.8, 4) is 5.75 Å². The van der Waals surface area contributed by atoms with Crippen LogP contribution in [0.4, 0.5) is 0 Å². The molecule has 0 spiro atoms. The van der Waals surface area contributed by atoms with E-state index >= 15 is 0 Å². The molecule has 0 unspecified atom stereocenters. The minimum Gasteiger partial charge on any atom is -0.491 e. The summed E-state index contributed by atoms with van der Waals surface area (Å²) in [6.45, 7) is 12.1. The van der Waals surface area contributed by atoms with Crippen molar-refractivity contribution in [2.45, 2.75) is 33.6 Å². The molecular formula is C20H31NO6. The van der Waals surface area contributed by atoms with E-state index in [2.05, 4.69) is 43.9 Å². The quantitative estimate of drug-likeness (QED) is 0.553. The molecule has 7 nitrogen and oxygen atoms in total. The van der Waals surface area contributed by atoms with Gasteiger partial charge in [0.1, 0.15) is 12.4 Å². The maximum absolute atomic E-state index is 9.10. The van der Waals surface area contributed by atoms with Gasteiger partial charge in [-0.2, -0.15) is 0 Å². The smallest absolute Gasteiger partial charge is 0.414 e. The van der Waals surface area contributed by atoms with Crippen molar-refractivity contribution in [2.24, 2.45) is 5.92 Å². The lowest BCUT2D eigenvalue weighted by Gasteiger charge is -2.29. The third kappa shape index (κ3) is 10.6. The van der Waals surface area contributed by atoms with Gasteiger partial charge in [0.05, 0.1) is 13.2 Å². The fourth-order valence-electron chi connectivity index (χ4n) is 2.82. The van der Waals surface area contributed by atoms with Gasteiger partial charge < -0.3 is 24.6 Å². The van der Waals surface area contributed by atoms with Crippen LogP contribution in [-0.4, -0.2) is 66.5 Å². The lowest BCUT2D eigenvalue weighted by molar-refractivity contribution is -0.159. The first kappa shape index (κ1) is 22.9. The number of aryl methyl sites for hydroxylation is 2. The molecule has 1 heterocycles. The minimum absolute atomic E-state index is 0.625. The van der Waals surface area contributed by atoms with Crippen molar-refractivity contribution < 1.29 is 29.3 Å². The molecule has 7 heteroatoms. The third-order valence-electron chi connectivity index (χ3n) is 4.30. The molecule has 1 fully saturated rings. The molecule has 1 aliphatic rings. The molecule has 1 aromatic rings. The van der Waals surface area contributed by atoms with Crippen LogP contribution in [-0.2, 0) is 14.3 Å². The molecule has 2 rings (SSSR count). The SMILES string of the molecule is Cc1cc(C)cc(OCCOCCN2CCC(C)CC2)c1.O=C(O)C(=O)O. The molecule has 1 saturated heterocycles. The summed E-state index contributed by atoms with van der Waals surface area (Å²) in [6, 6.07) is 6.30. The van der Waals surface area contributed by atoms with Gasteiger partial charge in [0.25, 0.3) is 0 Å². The molecule has 27 heavy (non-hydrogen) atoms. The number of likely N-dealkylation sites (tertiary alicyclic amines) is 1. The van der Waals surface area contributed by atoms with Crippen LogP contribution in [0.3, 0.4) is 0 Å². The molecule has 152 valence electrons. The number of hydrogen-bond acceptors (Lipinski definition) is 5. The van der Waals surface area contributed by atoms with Crippen molar-refractivity contribution in [1.82, 2.24) is 4.90 Å². The predicted molar refractivity (Wildman–Crippen MR) is 102 cm³/mol. The van der Waals surface area contributed by atoms with Gasteiger partial charge in [0.15, 0.2) is 0 Å². The number of piperidine rings is 1. The van der Waals surface area contributed by atoms with E-state index in [9.17, 15) is 0 Å². The summed E-state index contributed by atoms with van der Waals surface area (Å²) in [6.07, 6.45) is 2.66. The summed E-state index contributed by atoms with van der Waals surface area (Å²) in [5.41, 5.74) is 2.48. The van der Waals surface area contributed by atoms with Crippen molar-refractivity contribution in [3.05, 3.63) is 29.3 Å². The largest absolute Gasteiger partial charge is 0.491 e. The Hall–Kier alpha value is -2.12. The van der Waals surface area contributed by atoms with Crippen LogP contribution in [0.15, 0.2) is 18.2 Å². The van der Waals surface area contributed by atoms with Crippen LogP contribution < -0.4 is 4.74 Å². The Labute approximate surface area is 160 Å². The zero-order valence-electron chi connectivity index (χ0n) is 16.4. The Morgan fingerprint density at radius 2 is 1.56 bits per heavy atom. The number of aliphatic carboxylic acids is 2. The first-order chi connectivity index (χ1) is 12.8. The van der Waals surface area contributed by atoms with E-state index in [1.807, 2.05) is 0 Å². The highest BCUT2D eigenvalue weighted by atomic mass is 16.5. The van der Waals surface area contributed by atoms with Gasteiger partial charge in [-0.25, -0.2) is 9.59 Å². The maximum atomic E-state index is 9.10. The summed E-state index contributed by atoms with van der Waals surface area (Å²) in [5.74, 6) is -1.81. The van der Waals surface area contributed by atoms with Crippen molar-refractivity contribution >= 4 is 11.9 Å². The Morgan fingerprint density at radius 1 is 1.00 bits per heavy atom. The van der Waals surface area contributed by atoms with E-state index < -0.39 is 11.9 Å². The van der Waals surface area contributed by atoms with E-state index in [4.69, 9.17) is 29.3 Å². The Bertz CT molecular complexity index is 564. The first-order valence-corrected chi connectivity index (χ1v) is 9.25. The van der Waals surface area contributed by atoms with Crippen molar-refractivity contribution in [1.29, 1.82) is 0 Å². The van der Waals surface area contributed by atoms with Crippen LogP contribution in [0.1, 0.15) is 30.9 Å². The second-order valence-corrected chi connectivity index (χ2v) is 6.92. The van der Waals surface area contributed by atoms with Gasteiger partial charge >= 0.3 is 11.9 Å². The molecule has 0 bridgehead atoms. The topological polar surface area (TPSA) is 96.3 Å². The van der Waals surface area contributed by atoms with Gasteiger partial charge in [-0.15, -0.1) is 0 Å². The molecule has 0 atom stereocenters. The van der Waals surface area contributed by atoms with Gasteiger partial charge in [0.2, 0.25) is 0 Å². The molecule has 2 N–H and O–H groups in total. The number of carboxylic acid groups (broad SMARTS) is 2. The normalized spacial score (nSPS) is 14.9. The van der Waals surface area contributed by atoms with Crippen LogP contribution >= 0.6 is 0 Å². The number of carboxylic acids is 2.